The summed E-state index contributed by atoms with van der Waals surface area (Å²) in [4.78, 5) is 4.26. The maximum absolute atomic E-state index is 4.26. The summed E-state index contributed by atoms with van der Waals surface area (Å²) in [6.45, 7) is 2.03. The number of pyridine rings is 1. The number of nitrogens with one attached hydrogen (secondary N) is 1. The lowest BCUT2D eigenvalue weighted by atomic mass is 10.3. The van der Waals surface area contributed by atoms with Gasteiger partial charge in [-0.1, -0.05) is 6.07 Å². The largest absolute Gasteiger partial charge is 0.297 e. The lowest BCUT2D eigenvalue weighted by Crippen LogP contribution is -1.90. The average molecular weight is 200 g/mol. The molecule has 15 heavy (non-hydrogen) atoms. The molecular formula is C9H8N6. The summed E-state index contributed by atoms with van der Waals surface area (Å²) in [5, 5.41) is 13.7. The first-order chi connectivity index (χ1) is 7.34. The predicted octanol–water partition coefficient (Wildman–Crippen LogP) is 0.823. The van der Waals surface area contributed by atoms with Gasteiger partial charge in [0.25, 0.3) is 0 Å². The van der Waals surface area contributed by atoms with Crippen molar-refractivity contribution in [3.8, 4) is 11.5 Å². The van der Waals surface area contributed by atoms with Gasteiger partial charge in [0.2, 0.25) is 0 Å². The zero-order chi connectivity index (χ0) is 10.3. The minimum absolute atomic E-state index is 0.619. The summed E-state index contributed by atoms with van der Waals surface area (Å²) < 4.78 is 1.96. The monoisotopic (exact) mass is 200 g/mol. The van der Waals surface area contributed by atoms with Gasteiger partial charge in [-0.25, -0.2) is 10.1 Å². The number of aromatic nitrogens is 6. The first kappa shape index (κ1) is 8.10. The van der Waals surface area contributed by atoms with Crippen molar-refractivity contribution in [3.05, 3.63) is 30.1 Å². The van der Waals surface area contributed by atoms with Gasteiger partial charge in [0.05, 0.1) is 6.20 Å². The van der Waals surface area contributed by atoms with E-state index in [1.807, 2.05) is 29.7 Å². The maximum Gasteiger partial charge on any atom is 0.198 e. The average Bonchev–Trinajstić information content (AvgIpc) is 2.83. The molecule has 6 nitrogen and oxygen atoms in total. The minimum atomic E-state index is 0.619. The van der Waals surface area contributed by atoms with E-state index >= 15 is 0 Å². The summed E-state index contributed by atoms with van der Waals surface area (Å²) in [6.07, 6.45) is 3.75. The number of aryl methyl sites for hydroxylation is 1. The fraction of sp³-hybridized carbons (Fsp3) is 0.111. The number of H-pyrrole nitrogens is 1. The van der Waals surface area contributed by atoms with Crippen molar-refractivity contribution in [2.75, 3.05) is 0 Å². The second-order valence-corrected chi connectivity index (χ2v) is 3.33. The molecule has 1 N–H and O–H groups in total. The first-order valence-corrected chi connectivity index (χ1v) is 4.52. The number of imidazole rings is 1. The van der Waals surface area contributed by atoms with Crippen molar-refractivity contribution < 1.29 is 0 Å². The highest BCUT2D eigenvalue weighted by Crippen LogP contribution is 2.16. The fourth-order valence-corrected chi connectivity index (χ4v) is 1.53. The van der Waals surface area contributed by atoms with Crippen LogP contribution >= 0.6 is 0 Å². The number of hydrogen-bond acceptors (Lipinski definition) is 4. The Morgan fingerprint density at radius 2 is 2.27 bits per heavy atom. The second-order valence-electron chi connectivity index (χ2n) is 3.33. The van der Waals surface area contributed by atoms with Gasteiger partial charge < -0.3 is 0 Å². The molecule has 0 saturated carbocycles. The minimum Gasteiger partial charge on any atom is -0.297 e. The highest BCUT2D eigenvalue weighted by Gasteiger charge is 2.08. The number of aromatic amines is 1. The molecule has 0 spiro atoms. The molecule has 3 aromatic rings. The van der Waals surface area contributed by atoms with E-state index in [1.165, 1.54) is 0 Å². The van der Waals surface area contributed by atoms with Gasteiger partial charge >= 0.3 is 0 Å². The van der Waals surface area contributed by atoms with E-state index in [2.05, 4.69) is 25.6 Å². The Balaban J connectivity index is 2.32. The smallest absolute Gasteiger partial charge is 0.198 e. The van der Waals surface area contributed by atoms with Crippen LogP contribution in [0.3, 0.4) is 0 Å². The molecule has 3 heterocycles. The number of rotatable bonds is 1. The van der Waals surface area contributed by atoms with E-state index in [1.54, 1.807) is 6.20 Å². The first-order valence-electron chi connectivity index (χ1n) is 4.52. The molecule has 0 saturated heterocycles. The number of nitrogens with zero attached hydrogens (tertiary/aromatic N) is 5. The van der Waals surface area contributed by atoms with Gasteiger partial charge in [0.1, 0.15) is 11.3 Å². The van der Waals surface area contributed by atoms with E-state index in [0.29, 0.717) is 5.82 Å². The van der Waals surface area contributed by atoms with Crippen LogP contribution in [0.25, 0.3) is 17.2 Å². The van der Waals surface area contributed by atoms with Crippen molar-refractivity contribution in [1.82, 2.24) is 30.0 Å². The van der Waals surface area contributed by atoms with Crippen molar-refractivity contribution in [3.63, 3.8) is 0 Å². The zero-order valence-corrected chi connectivity index (χ0v) is 8.05. The number of tetrazole rings is 1. The van der Waals surface area contributed by atoms with Gasteiger partial charge in [-0.15, -0.1) is 5.10 Å². The molecular weight excluding hydrogens is 192 g/mol. The Morgan fingerprint density at radius 3 is 3.07 bits per heavy atom. The van der Waals surface area contributed by atoms with Crippen LogP contribution in [0, 0.1) is 6.92 Å². The fourth-order valence-electron chi connectivity index (χ4n) is 1.53. The van der Waals surface area contributed by atoms with Crippen LogP contribution in [0.4, 0.5) is 0 Å². The van der Waals surface area contributed by atoms with Crippen molar-refractivity contribution >= 4 is 5.65 Å². The number of fused-ring (bicyclic) bond motifs is 1. The quantitative estimate of drug-likeness (QED) is 0.631. The van der Waals surface area contributed by atoms with Crippen molar-refractivity contribution in [1.29, 1.82) is 0 Å². The van der Waals surface area contributed by atoms with E-state index in [-0.39, 0.29) is 0 Å². The van der Waals surface area contributed by atoms with Crippen LogP contribution in [-0.2, 0) is 0 Å². The molecule has 0 fully saturated rings. The topological polar surface area (TPSA) is 71.8 Å². The summed E-state index contributed by atoms with van der Waals surface area (Å²) in [6, 6.07) is 3.98. The molecule has 0 aliphatic carbocycles. The zero-order valence-electron chi connectivity index (χ0n) is 8.05. The third kappa shape index (κ3) is 1.18. The van der Waals surface area contributed by atoms with E-state index in [4.69, 9.17) is 0 Å². The molecule has 3 rings (SSSR count). The molecule has 6 heteroatoms. The lowest BCUT2D eigenvalue weighted by molar-refractivity contribution is 0.881. The van der Waals surface area contributed by atoms with Crippen molar-refractivity contribution in [2.24, 2.45) is 0 Å². The lowest BCUT2D eigenvalue weighted by Gasteiger charge is -1.98. The molecule has 0 radical (unpaired) electrons. The Hall–Kier alpha value is -2.24. The second kappa shape index (κ2) is 2.88. The Bertz CT molecular complexity index is 594. The van der Waals surface area contributed by atoms with Crippen LogP contribution in [0.5, 0.6) is 0 Å². The summed E-state index contributed by atoms with van der Waals surface area (Å²) >= 11 is 0. The van der Waals surface area contributed by atoms with Crippen LogP contribution in [-0.4, -0.2) is 30.0 Å². The van der Waals surface area contributed by atoms with Gasteiger partial charge in [0.15, 0.2) is 5.82 Å². The number of hydrogen-bond donors (Lipinski definition) is 1. The van der Waals surface area contributed by atoms with Gasteiger partial charge in [-0.2, -0.15) is 0 Å². The summed E-state index contributed by atoms with van der Waals surface area (Å²) in [5.74, 6) is 0.619. The standard InChI is InChI=1S/C9H8N6/c1-6-2-3-8-10-4-7(15(8)5-6)9-11-13-14-12-9/h2-5H,1H3,(H,11,12,13,14). The molecule has 0 bridgehead atoms. The summed E-state index contributed by atoms with van der Waals surface area (Å²) in [7, 11) is 0. The van der Waals surface area contributed by atoms with Crippen molar-refractivity contribution in [2.45, 2.75) is 6.92 Å². The van der Waals surface area contributed by atoms with Gasteiger partial charge in [0, 0.05) is 6.20 Å². The normalized spacial score (nSPS) is 11.0. The van der Waals surface area contributed by atoms with E-state index in [0.717, 1.165) is 16.9 Å². The van der Waals surface area contributed by atoms with Crippen LogP contribution in [0.15, 0.2) is 24.5 Å². The third-order valence-electron chi connectivity index (χ3n) is 2.24. The van der Waals surface area contributed by atoms with Crippen LogP contribution in [0.1, 0.15) is 5.56 Å². The molecule has 0 aromatic carbocycles. The van der Waals surface area contributed by atoms with E-state index < -0.39 is 0 Å². The van der Waals surface area contributed by atoms with Crippen LogP contribution in [0.2, 0.25) is 0 Å². The molecule has 0 aliphatic heterocycles. The van der Waals surface area contributed by atoms with E-state index in [9.17, 15) is 0 Å². The highest BCUT2D eigenvalue weighted by molar-refractivity contribution is 5.56. The Kier molecular flexibility index (Phi) is 1.55. The SMILES string of the molecule is Cc1ccc2ncc(-c3nnn[nH]3)n2c1. The maximum atomic E-state index is 4.26. The van der Waals surface area contributed by atoms with Crippen LogP contribution < -0.4 is 0 Å². The Morgan fingerprint density at radius 1 is 1.33 bits per heavy atom. The molecule has 3 aromatic heterocycles. The molecule has 74 valence electrons. The molecule has 0 aliphatic rings. The molecule has 0 unspecified atom stereocenters. The van der Waals surface area contributed by atoms with Gasteiger partial charge in [-0.3, -0.25) is 4.40 Å². The summed E-state index contributed by atoms with van der Waals surface area (Å²) in [5.41, 5.74) is 2.90. The third-order valence-corrected chi connectivity index (χ3v) is 2.24. The van der Waals surface area contributed by atoms with Gasteiger partial charge in [-0.05, 0) is 29.0 Å². The highest BCUT2D eigenvalue weighted by atomic mass is 15.5. The Labute approximate surface area is 85.0 Å². The molecule has 0 amide bonds. The molecule has 0 atom stereocenters. The predicted molar refractivity (Wildman–Crippen MR) is 53.1 cm³/mol.